The minimum atomic E-state index is 0.552. The van der Waals surface area contributed by atoms with E-state index >= 15 is 0 Å². The van der Waals surface area contributed by atoms with Gasteiger partial charge in [-0.1, -0.05) is 6.42 Å². The van der Waals surface area contributed by atoms with Gasteiger partial charge in [0, 0.05) is 19.2 Å². The van der Waals surface area contributed by atoms with E-state index in [0.717, 1.165) is 23.9 Å². The first-order chi connectivity index (χ1) is 6.38. The summed E-state index contributed by atoms with van der Waals surface area (Å²) in [6.45, 7) is 0. The minimum Gasteiger partial charge on any atom is -0.381 e. The molecule has 0 heterocycles. The number of hydrogen-bond acceptors (Lipinski definition) is 2. The van der Waals surface area contributed by atoms with Crippen molar-refractivity contribution in [1.29, 1.82) is 0 Å². The van der Waals surface area contributed by atoms with Crippen molar-refractivity contribution >= 4 is 0 Å². The number of fused-ring (bicyclic) bond motifs is 1. The predicted molar refractivity (Wildman–Crippen MR) is 51.6 cm³/mol. The van der Waals surface area contributed by atoms with E-state index in [1.54, 1.807) is 0 Å². The Morgan fingerprint density at radius 1 is 1.15 bits per heavy atom. The molecule has 0 aromatic heterocycles. The Morgan fingerprint density at radius 3 is 2.46 bits per heavy atom. The molecule has 3 rings (SSSR count). The van der Waals surface area contributed by atoms with Gasteiger partial charge in [-0.15, -0.1) is 0 Å². The van der Waals surface area contributed by atoms with Crippen LogP contribution in [0.2, 0.25) is 0 Å². The number of methoxy groups -OCH3 is 1. The Labute approximate surface area is 80.0 Å². The Balaban J connectivity index is 1.41. The second-order valence-corrected chi connectivity index (χ2v) is 4.98. The fraction of sp³-hybridized carbons (Fsp3) is 1.00. The van der Waals surface area contributed by atoms with Crippen LogP contribution in [-0.4, -0.2) is 25.3 Å². The molecule has 3 aliphatic rings. The number of rotatable bonds is 3. The Morgan fingerprint density at radius 2 is 1.85 bits per heavy atom. The summed E-state index contributed by atoms with van der Waals surface area (Å²) in [7, 11) is 1.83. The average molecular weight is 181 g/mol. The summed E-state index contributed by atoms with van der Waals surface area (Å²) in [5.74, 6) is 2.11. The number of ether oxygens (including phenoxy) is 1. The van der Waals surface area contributed by atoms with Crippen molar-refractivity contribution in [2.75, 3.05) is 7.11 Å². The number of nitrogens with one attached hydrogen (secondary N) is 1. The Bertz CT molecular complexity index is 190. The van der Waals surface area contributed by atoms with E-state index in [4.69, 9.17) is 4.74 Å². The molecule has 13 heavy (non-hydrogen) atoms. The lowest BCUT2D eigenvalue weighted by molar-refractivity contribution is 0.0161. The zero-order chi connectivity index (χ0) is 8.84. The first kappa shape index (κ1) is 8.25. The molecule has 0 bridgehead atoms. The highest BCUT2D eigenvalue weighted by Crippen LogP contribution is 2.52. The quantitative estimate of drug-likeness (QED) is 0.713. The topological polar surface area (TPSA) is 21.3 Å². The smallest absolute Gasteiger partial charge is 0.0601 e. The van der Waals surface area contributed by atoms with Gasteiger partial charge in [-0.05, 0) is 37.5 Å². The van der Waals surface area contributed by atoms with E-state index in [2.05, 4.69) is 5.32 Å². The first-order valence-electron chi connectivity index (χ1n) is 5.67. The fourth-order valence-corrected chi connectivity index (χ4v) is 3.24. The van der Waals surface area contributed by atoms with Crippen LogP contribution < -0.4 is 5.32 Å². The highest BCUT2D eigenvalue weighted by Gasteiger charge is 2.53. The molecule has 3 saturated carbocycles. The molecule has 0 spiro atoms. The lowest BCUT2D eigenvalue weighted by Gasteiger charge is -2.35. The molecule has 0 aromatic rings. The second kappa shape index (κ2) is 2.96. The summed E-state index contributed by atoms with van der Waals surface area (Å²) in [6.07, 6.45) is 7.50. The van der Waals surface area contributed by atoms with Gasteiger partial charge >= 0.3 is 0 Å². The van der Waals surface area contributed by atoms with Crippen LogP contribution in [0.25, 0.3) is 0 Å². The Hall–Kier alpha value is -0.0800. The van der Waals surface area contributed by atoms with Crippen molar-refractivity contribution in [2.24, 2.45) is 11.8 Å². The third-order valence-corrected chi connectivity index (χ3v) is 4.26. The molecule has 2 nitrogen and oxygen atoms in total. The zero-order valence-corrected chi connectivity index (χ0v) is 8.33. The first-order valence-corrected chi connectivity index (χ1v) is 5.67. The van der Waals surface area contributed by atoms with Gasteiger partial charge in [-0.2, -0.15) is 0 Å². The second-order valence-electron chi connectivity index (χ2n) is 4.98. The Kier molecular flexibility index (Phi) is 1.88. The normalized spacial score (nSPS) is 52.8. The molecule has 0 aliphatic heterocycles. The maximum absolute atomic E-state index is 5.27. The molecule has 0 radical (unpaired) electrons. The van der Waals surface area contributed by atoms with Crippen LogP contribution in [0.3, 0.4) is 0 Å². The van der Waals surface area contributed by atoms with Gasteiger partial charge in [-0.25, -0.2) is 0 Å². The van der Waals surface area contributed by atoms with Gasteiger partial charge in [0.05, 0.1) is 6.10 Å². The third-order valence-electron chi connectivity index (χ3n) is 4.26. The molecule has 2 heteroatoms. The van der Waals surface area contributed by atoms with Gasteiger partial charge < -0.3 is 10.1 Å². The molecule has 3 fully saturated rings. The molecule has 2 unspecified atom stereocenters. The van der Waals surface area contributed by atoms with Crippen molar-refractivity contribution in [2.45, 2.75) is 50.3 Å². The zero-order valence-electron chi connectivity index (χ0n) is 8.33. The number of hydrogen-bond donors (Lipinski definition) is 1. The van der Waals surface area contributed by atoms with Crippen LogP contribution in [0, 0.1) is 11.8 Å². The van der Waals surface area contributed by atoms with E-state index in [-0.39, 0.29) is 0 Å². The molecular formula is C11H19NO. The van der Waals surface area contributed by atoms with Crippen LogP contribution in [-0.2, 0) is 4.74 Å². The summed E-state index contributed by atoms with van der Waals surface area (Å²) in [4.78, 5) is 0. The summed E-state index contributed by atoms with van der Waals surface area (Å²) in [5, 5.41) is 3.78. The summed E-state index contributed by atoms with van der Waals surface area (Å²) in [6, 6.07) is 1.68. The van der Waals surface area contributed by atoms with Crippen LogP contribution >= 0.6 is 0 Å². The van der Waals surface area contributed by atoms with Gasteiger partial charge in [0.15, 0.2) is 0 Å². The summed E-state index contributed by atoms with van der Waals surface area (Å²) < 4.78 is 5.27. The van der Waals surface area contributed by atoms with Crippen molar-refractivity contribution in [3.05, 3.63) is 0 Å². The van der Waals surface area contributed by atoms with Crippen LogP contribution in [0.15, 0.2) is 0 Å². The standard InChI is InChI=1S/C11H19NO/c1-13-8-5-7(6-8)12-11-9-3-2-4-10(9)11/h7-12H,2-6H2,1H3. The van der Waals surface area contributed by atoms with E-state index in [1.165, 1.54) is 32.1 Å². The molecule has 3 aliphatic carbocycles. The molecule has 0 amide bonds. The van der Waals surface area contributed by atoms with Crippen LogP contribution in [0.1, 0.15) is 32.1 Å². The molecule has 1 N–H and O–H groups in total. The maximum Gasteiger partial charge on any atom is 0.0601 e. The molecule has 0 saturated heterocycles. The predicted octanol–water partition coefficient (Wildman–Crippen LogP) is 1.55. The van der Waals surface area contributed by atoms with E-state index in [1.807, 2.05) is 7.11 Å². The third kappa shape index (κ3) is 1.31. The largest absolute Gasteiger partial charge is 0.381 e. The lowest BCUT2D eigenvalue weighted by atomic mass is 9.89. The minimum absolute atomic E-state index is 0.552. The van der Waals surface area contributed by atoms with Crippen molar-refractivity contribution in [3.63, 3.8) is 0 Å². The van der Waals surface area contributed by atoms with E-state index in [0.29, 0.717) is 6.10 Å². The monoisotopic (exact) mass is 181 g/mol. The fourth-order valence-electron chi connectivity index (χ4n) is 3.24. The van der Waals surface area contributed by atoms with Gasteiger partial charge in [-0.3, -0.25) is 0 Å². The molecule has 2 atom stereocenters. The highest BCUT2D eigenvalue weighted by molar-refractivity contribution is 5.08. The average Bonchev–Trinajstić information content (AvgIpc) is 2.56. The molecule has 74 valence electrons. The van der Waals surface area contributed by atoms with Crippen molar-refractivity contribution in [3.8, 4) is 0 Å². The summed E-state index contributed by atoms with van der Waals surface area (Å²) >= 11 is 0. The highest BCUT2D eigenvalue weighted by atomic mass is 16.5. The van der Waals surface area contributed by atoms with Crippen LogP contribution in [0.5, 0.6) is 0 Å². The van der Waals surface area contributed by atoms with E-state index < -0.39 is 0 Å². The van der Waals surface area contributed by atoms with E-state index in [9.17, 15) is 0 Å². The maximum atomic E-state index is 5.27. The summed E-state index contributed by atoms with van der Waals surface area (Å²) in [5.41, 5.74) is 0. The van der Waals surface area contributed by atoms with Crippen LogP contribution in [0.4, 0.5) is 0 Å². The van der Waals surface area contributed by atoms with Gasteiger partial charge in [0.2, 0.25) is 0 Å². The SMILES string of the molecule is COC1CC(NC2C3CCCC32)C1. The van der Waals surface area contributed by atoms with Gasteiger partial charge in [0.1, 0.15) is 0 Å². The lowest BCUT2D eigenvalue weighted by Crippen LogP contribution is -2.46. The van der Waals surface area contributed by atoms with Gasteiger partial charge in [0.25, 0.3) is 0 Å². The molecule has 0 aromatic carbocycles. The van der Waals surface area contributed by atoms with Crippen molar-refractivity contribution in [1.82, 2.24) is 5.32 Å². The molecular weight excluding hydrogens is 162 g/mol. The van der Waals surface area contributed by atoms with Crippen molar-refractivity contribution < 1.29 is 4.74 Å².